The van der Waals surface area contributed by atoms with E-state index in [-0.39, 0.29) is 5.91 Å². The number of carbonyl (C=O) groups is 1. The van der Waals surface area contributed by atoms with Crippen LogP contribution in [0.3, 0.4) is 0 Å². The number of amides is 1. The van der Waals surface area contributed by atoms with Crippen molar-refractivity contribution in [3.8, 4) is 0 Å². The van der Waals surface area contributed by atoms with Crippen LogP contribution in [0.2, 0.25) is 0 Å². The van der Waals surface area contributed by atoms with Crippen molar-refractivity contribution in [1.82, 2.24) is 19.7 Å². The van der Waals surface area contributed by atoms with Crippen molar-refractivity contribution in [1.29, 1.82) is 0 Å². The zero-order valence-electron chi connectivity index (χ0n) is 9.41. The average molecular weight is 248 g/mol. The first-order valence-electron chi connectivity index (χ1n) is 5.44. The summed E-state index contributed by atoms with van der Waals surface area (Å²) in [5.41, 5.74) is 2.54. The number of aromatic nitrogens is 3. The van der Waals surface area contributed by atoms with Crippen LogP contribution in [0.5, 0.6) is 0 Å². The van der Waals surface area contributed by atoms with Gasteiger partial charge in [-0.3, -0.25) is 9.48 Å². The summed E-state index contributed by atoms with van der Waals surface area (Å²) in [4.78, 5) is 18.8. The first-order chi connectivity index (χ1) is 8.25. The Labute approximate surface area is 103 Å². The molecule has 0 aromatic carbocycles. The molecular weight excluding hydrogens is 236 g/mol. The maximum atomic E-state index is 12.1. The molecule has 0 bridgehead atoms. The molecule has 1 aliphatic heterocycles. The maximum Gasteiger partial charge on any atom is 0.265 e. The van der Waals surface area contributed by atoms with Gasteiger partial charge in [0, 0.05) is 25.5 Å². The van der Waals surface area contributed by atoms with Gasteiger partial charge in [-0.15, -0.1) is 11.3 Å². The Morgan fingerprint density at radius 3 is 2.94 bits per heavy atom. The summed E-state index contributed by atoms with van der Waals surface area (Å²) in [5.74, 6) is 0.0911. The SMILES string of the molecule is Cc1ncsc1C(=O)N1CC(n2cccn2)C1. The third kappa shape index (κ3) is 1.74. The number of rotatable bonds is 2. The van der Waals surface area contributed by atoms with Gasteiger partial charge in [0.15, 0.2) is 0 Å². The summed E-state index contributed by atoms with van der Waals surface area (Å²) in [6.45, 7) is 3.34. The number of hydrogen-bond acceptors (Lipinski definition) is 4. The molecule has 1 amide bonds. The highest BCUT2D eigenvalue weighted by Crippen LogP contribution is 2.24. The zero-order valence-corrected chi connectivity index (χ0v) is 10.2. The number of thiazole rings is 1. The molecule has 0 atom stereocenters. The van der Waals surface area contributed by atoms with E-state index in [1.165, 1.54) is 11.3 Å². The van der Waals surface area contributed by atoms with E-state index in [2.05, 4.69) is 10.1 Å². The minimum Gasteiger partial charge on any atom is -0.333 e. The molecule has 5 nitrogen and oxygen atoms in total. The largest absolute Gasteiger partial charge is 0.333 e. The predicted octanol–water partition coefficient (Wildman–Crippen LogP) is 1.35. The Morgan fingerprint density at radius 1 is 1.53 bits per heavy atom. The molecule has 17 heavy (non-hydrogen) atoms. The number of aryl methyl sites for hydroxylation is 1. The highest BCUT2D eigenvalue weighted by Gasteiger charge is 2.33. The van der Waals surface area contributed by atoms with Gasteiger partial charge in [-0.1, -0.05) is 0 Å². The summed E-state index contributed by atoms with van der Waals surface area (Å²) in [5, 5.41) is 4.18. The Bertz CT molecular complexity index is 527. The molecule has 0 radical (unpaired) electrons. The predicted molar refractivity (Wildman–Crippen MR) is 64.0 cm³/mol. The van der Waals surface area contributed by atoms with Crippen LogP contribution >= 0.6 is 11.3 Å². The molecule has 1 fully saturated rings. The second-order valence-corrected chi connectivity index (χ2v) is 4.97. The van der Waals surface area contributed by atoms with Crippen molar-refractivity contribution in [3.05, 3.63) is 34.5 Å². The number of carbonyl (C=O) groups excluding carboxylic acids is 1. The fourth-order valence-electron chi connectivity index (χ4n) is 1.94. The highest BCUT2D eigenvalue weighted by molar-refractivity contribution is 7.11. The lowest BCUT2D eigenvalue weighted by atomic mass is 10.1. The zero-order chi connectivity index (χ0) is 11.8. The minimum atomic E-state index is 0.0911. The fourth-order valence-corrected chi connectivity index (χ4v) is 2.71. The second kappa shape index (κ2) is 3.96. The van der Waals surface area contributed by atoms with E-state index in [0.29, 0.717) is 6.04 Å². The number of hydrogen-bond donors (Lipinski definition) is 0. The van der Waals surface area contributed by atoms with Crippen LogP contribution in [-0.4, -0.2) is 38.7 Å². The number of nitrogens with zero attached hydrogens (tertiary/aromatic N) is 4. The third-order valence-corrected chi connectivity index (χ3v) is 3.90. The third-order valence-electron chi connectivity index (χ3n) is 2.99. The highest BCUT2D eigenvalue weighted by atomic mass is 32.1. The summed E-state index contributed by atoms with van der Waals surface area (Å²) in [6.07, 6.45) is 3.70. The van der Waals surface area contributed by atoms with Gasteiger partial charge in [-0.2, -0.15) is 5.10 Å². The topological polar surface area (TPSA) is 51.0 Å². The molecule has 0 unspecified atom stereocenters. The summed E-state index contributed by atoms with van der Waals surface area (Å²) in [7, 11) is 0. The lowest BCUT2D eigenvalue weighted by molar-refractivity contribution is 0.0505. The smallest absolute Gasteiger partial charge is 0.265 e. The molecule has 1 saturated heterocycles. The van der Waals surface area contributed by atoms with E-state index in [9.17, 15) is 4.79 Å². The van der Waals surface area contributed by atoms with E-state index >= 15 is 0 Å². The molecule has 3 heterocycles. The molecule has 3 rings (SSSR count). The van der Waals surface area contributed by atoms with E-state index < -0.39 is 0 Å². The van der Waals surface area contributed by atoms with Crippen LogP contribution in [0, 0.1) is 6.92 Å². The van der Waals surface area contributed by atoms with Crippen molar-refractivity contribution < 1.29 is 4.79 Å². The van der Waals surface area contributed by atoms with Gasteiger partial charge >= 0.3 is 0 Å². The molecule has 0 spiro atoms. The monoisotopic (exact) mass is 248 g/mol. The summed E-state index contributed by atoms with van der Waals surface area (Å²) >= 11 is 1.41. The fraction of sp³-hybridized carbons (Fsp3) is 0.364. The molecule has 2 aromatic rings. The van der Waals surface area contributed by atoms with Gasteiger partial charge < -0.3 is 4.90 Å². The van der Waals surface area contributed by atoms with Gasteiger partial charge in [0.25, 0.3) is 5.91 Å². The molecule has 0 aliphatic carbocycles. The first kappa shape index (κ1) is 10.5. The normalized spacial score (nSPS) is 15.9. The van der Waals surface area contributed by atoms with Gasteiger partial charge in [-0.25, -0.2) is 4.98 Å². The van der Waals surface area contributed by atoms with Crippen molar-refractivity contribution in [2.45, 2.75) is 13.0 Å². The van der Waals surface area contributed by atoms with Crippen molar-refractivity contribution >= 4 is 17.2 Å². The lowest BCUT2D eigenvalue weighted by Gasteiger charge is -2.38. The second-order valence-electron chi connectivity index (χ2n) is 4.12. The standard InChI is InChI=1S/C11H12N4OS/c1-8-10(17-7-12-8)11(16)14-5-9(6-14)15-4-2-3-13-15/h2-4,7,9H,5-6H2,1H3. The van der Waals surface area contributed by atoms with E-state index in [1.54, 1.807) is 11.7 Å². The Kier molecular flexibility index (Phi) is 2.44. The molecule has 2 aromatic heterocycles. The lowest BCUT2D eigenvalue weighted by Crippen LogP contribution is -2.50. The number of likely N-dealkylation sites (tertiary alicyclic amines) is 1. The molecule has 0 saturated carbocycles. The van der Waals surface area contributed by atoms with Crippen LogP contribution in [0.25, 0.3) is 0 Å². The molecular formula is C11H12N4OS. The Balaban J connectivity index is 1.66. The molecule has 1 aliphatic rings. The Hall–Kier alpha value is -1.69. The van der Waals surface area contributed by atoms with Crippen molar-refractivity contribution in [2.75, 3.05) is 13.1 Å². The minimum absolute atomic E-state index is 0.0911. The van der Waals surface area contributed by atoms with Gasteiger partial charge in [0.05, 0.1) is 17.2 Å². The van der Waals surface area contributed by atoms with Crippen molar-refractivity contribution in [3.63, 3.8) is 0 Å². The summed E-state index contributed by atoms with van der Waals surface area (Å²) in [6, 6.07) is 2.22. The average Bonchev–Trinajstić information content (AvgIpc) is 2.86. The molecule has 6 heteroatoms. The summed E-state index contributed by atoms with van der Waals surface area (Å²) < 4.78 is 1.91. The van der Waals surface area contributed by atoms with Crippen LogP contribution in [0.1, 0.15) is 21.4 Å². The molecule has 88 valence electrons. The van der Waals surface area contributed by atoms with Crippen LogP contribution in [-0.2, 0) is 0 Å². The van der Waals surface area contributed by atoms with E-state index in [4.69, 9.17) is 0 Å². The first-order valence-corrected chi connectivity index (χ1v) is 6.32. The Morgan fingerprint density at radius 2 is 2.35 bits per heavy atom. The van der Waals surface area contributed by atoms with Gasteiger partial charge in [-0.05, 0) is 13.0 Å². The van der Waals surface area contributed by atoms with Crippen LogP contribution < -0.4 is 0 Å². The van der Waals surface area contributed by atoms with Crippen LogP contribution in [0.4, 0.5) is 0 Å². The van der Waals surface area contributed by atoms with E-state index in [0.717, 1.165) is 23.7 Å². The van der Waals surface area contributed by atoms with Gasteiger partial charge in [0.1, 0.15) is 4.88 Å². The van der Waals surface area contributed by atoms with E-state index in [1.807, 2.05) is 28.8 Å². The van der Waals surface area contributed by atoms with Crippen LogP contribution in [0.15, 0.2) is 24.0 Å². The quantitative estimate of drug-likeness (QED) is 0.806. The maximum absolute atomic E-state index is 12.1. The van der Waals surface area contributed by atoms with Gasteiger partial charge in [0.2, 0.25) is 0 Å². The molecule has 0 N–H and O–H groups in total. The van der Waals surface area contributed by atoms with Crippen molar-refractivity contribution in [2.24, 2.45) is 0 Å².